The van der Waals surface area contributed by atoms with Crippen LogP contribution >= 0.6 is 0 Å². The Balaban J connectivity index is 1.29. The molecule has 1 aromatic heterocycles. The van der Waals surface area contributed by atoms with Crippen LogP contribution in [0, 0.1) is 6.92 Å². The summed E-state index contributed by atoms with van der Waals surface area (Å²) in [5.74, 6) is 0.403. The number of hydrogen-bond donors (Lipinski definition) is 3. The molecule has 1 aromatic carbocycles. The number of nitrogens with two attached hydrogens (primary N) is 1. The molecule has 4 N–H and O–H groups in total. The zero-order valence-electron chi connectivity index (χ0n) is 28.6. The largest absolute Gasteiger partial charge is 0.444 e. The number of alkyl carbamates (subject to hydrolysis) is 1. The molecule has 0 spiro atoms. The molecule has 2 aromatic rings. The molecular weight excluding hydrogens is 582 g/mol. The van der Waals surface area contributed by atoms with E-state index in [0.717, 1.165) is 56.8 Å². The Morgan fingerprint density at radius 1 is 1.00 bits per heavy atom. The van der Waals surface area contributed by atoms with Gasteiger partial charge in [-0.1, -0.05) is 6.92 Å². The number of nitrogens with one attached hydrogen (secondary N) is 2. The van der Waals surface area contributed by atoms with Gasteiger partial charge in [-0.2, -0.15) is 0 Å². The van der Waals surface area contributed by atoms with E-state index in [1.807, 2.05) is 33.8 Å². The van der Waals surface area contributed by atoms with Crippen LogP contribution in [0.2, 0.25) is 0 Å². The monoisotopic (exact) mass is 635 g/mol. The van der Waals surface area contributed by atoms with Crippen LogP contribution in [0.4, 0.5) is 27.8 Å². The summed E-state index contributed by atoms with van der Waals surface area (Å²) in [6.45, 7) is 17.7. The molecule has 5 rings (SSSR count). The van der Waals surface area contributed by atoms with Gasteiger partial charge in [-0.05, 0) is 90.6 Å². The highest BCUT2D eigenvalue weighted by Gasteiger charge is 2.29. The van der Waals surface area contributed by atoms with E-state index >= 15 is 0 Å². The number of benzene rings is 1. The first-order valence-electron chi connectivity index (χ1n) is 16.9. The molecule has 3 aliphatic rings. The summed E-state index contributed by atoms with van der Waals surface area (Å²) in [5, 5.41) is 6.37. The van der Waals surface area contributed by atoms with Crippen molar-refractivity contribution >= 4 is 35.0 Å². The minimum Gasteiger partial charge on any atom is -0.444 e. The van der Waals surface area contributed by atoms with Gasteiger partial charge in [0.15, 0.2) is 17.3 Å². The van der Waals surface area contributed by atoms with E-state index in [0.29, 0.717) is 36.3 Å². The molecule has 3 saturated heterocycles. The van der Waals surface area contributed by atoms with Crippen molar-refractivity contribution in [3.8, 4) is 0 Å². The van der Waals surface area contributed by atoms with Crippen molar-refractivity contribution in [2.45, 2.75) is 84.4 Å². The predicted octanol–water partition coefficient (Wildman–Crippen LogP) is 3.90. The Morgan fingerprint density at radius 3 is 2.35 bits per heavy atom. The summed E-state index contributed by atoms with van der Waals surface area (Å²) in [4.78, 5) is 44.3. The van der Waals surface area contributed by atoms with Gasteiger partial charge in [0.1, 0.15) is 5.60 Å². The normalized spacial score (nSPS) is 20.4. The second-order valence-corrected chi connectivity index (χ2v) is 14.0. The lowest BCUT2D eigenvalue weighted by Crippen LogP contribution is -2.52. The summed E-state index contributed by atoms with van der Waals surface area (Å²) in [6, 6.07) is 6.87. The summed E-state index contributed by atoms with van der Waals surface area (Å²) in [6.07, 6.45) is 4.23. The van der Waals surface area contributed by atoms with Gasteiger partial charge in [-0.15, -0.1) is 0 Å². The van der Waals surface area contributed by atoms with Crippen LogP contribution in [-0.2, 0) is 11.2 Å². The molecule has 1 atom stereocenters. The van der Waals surface area contributed by atoms with Crippen molar-refractivity contribution in [2.75, 3.05) is 74.5 Å². The Morgan fingerprint density at radius 2 is 1.72 bits per heavy atom. The molecule has 46 heavy (non-hydrogen) atoms. The minimum absolute atomic E-state index is 0.0934. The maximum absolute atomic E-state index is 12.5. The number of ether oxygens (including phenoxy) is 1. The maximum atomic E-state index is 12.5. The molecule has 0 saturated carbocycles. The third-order valence-electron chi connectivity index (χ3n) is 9.28. The highest BCUT2D eigenvalue weighted by atomic mass is 16.6. The molecule has 0 aliphatic carbocycles. The fourth-order valence-electron chi connectivity index (χ4n) is 6.86. The van der Waals surface area contributed by atoms with E-state index in [1.54, 1.807) is 0 Å². The molecule has 0 radical (unpaired) electrons. The number of carbonyl (C=O) groups is 2. The van der Waals surface area contributed by atoms with Crippen molar-refractivity contribution in [3.05, 3.63) is 35.2 Å². The van der Waals surface area contributed by atoms with Gasteiger partial charge in [-0.3, -0.25) is 9.69 Å². The number of likely N-dealkylation sites (N-methyl/N-ethyl adjacent to an activating group) is 1. The first-order valence-corrected chi connectivity index (χ1v) is 16.9. The lowest BCUT2D eigenvalue weighted by Gasteiger charge is -2.43. The van der Waals surface area contributed by atoms with E-state index in [4.69, 9.17) is 20.4 Å². The number of anilines is 4. The highest BCUT2D eigenvalue weighted by molar-refractivity contribution is 5.96. The van der Waals surface area contributed by atoms with Gasteiger partial charge in [-0.25, -0.2) is 14.8 Å². The number of rotatable bonds is 8. The highest BCUT2D eigenvalue weighted by Crippen LogP contribution is 2.31. The number of aryl methyl sites for hydroxylation is 2. The summed E-state index contributed by atoms with van der Waals surface area (Å²) in [7, 11) is 2.21. The van der Waals surface area contributed by atoms with Crippen LogP contribution in [0.15, 0.2) is 18.2 Å². The van der Waals surface area contributed by atoms with Crippen molar-refractivity contribution < 1.29 is 14.3 Å². The molecule has 0 unspecified atom stereocenters. The Bertz CT molecular complexity index is 1380. The minimum atomic E-state index is -0.629. The van der Waals surface area contributed by atoms with Crippen LogP contribution in [0.1, 0.15) is 75.1 Å². The number of primary amides is 1. The smallest absolute Gasteiger partial charge is 0.407 e. The molecule has 252 valence electrons. The fraction of sp³-hybridized carbons (Fsp3) is 0.647. The molecule has 3 aliphatic heterocycles. The van der Waals surface area contributed by atoms with Gasteiger partial charge in [0.2, 0.25) is 0 Å². The van der Waals surface area contributed by atoms with E-state index in [2.05, 4.69) is 56.3 Å². The average molecular weight is 636 g/mol. The maximum Gasteiger partial charge on any atom is 0.407 e. The Labute approximate surface area is 274 Å². The quantitative estimate of drug-likeness (QED) is 0.393. The van der Waals surface area contributed by atoms with Crippen molar-refractivity contribution in [1.29, 1.82) is 0 Å². The third-order valence-corrected chi connectivity index (χ3v) is 9.28. The second kappa shape index (κ2) is 14.4. The SMILES string of the molecule is CCc1nc(C(N)=O)c(Nc2ccc(N3CCC(N4CCN(C)CC4)CC3)c(C)c2)nc1N1CCC[C@H](NC(=O)OC(C)(C)C)C1. The fourth-order valence-corrected chi connectivity index (χ4v) is 6.86. The molecule has 12 nitrogen and oxygen atoms in total. The van der Waals surface area contributed by atoms with Gasteiger partial charge < -0.3 is 35.8 Å². The first kappa shape index (κ1) is 33.7. The van der Waals surface area contributed by atoms with Gasteiger partial charge >= 0.3 is 6.09 Å². The van der Waals surface area contributed by atoms with Gasteiger partial charge in [0.25, 0.3) is 5.91 Å². The van der Waals surface area contributed by atoms with Gasteiger partial charge in [0, 0.05) is 75.8 Å². The number of piperazine rings is 1. The molecule has 0 bridgehead atoms. The summed E-state index contributed by atoms with van der Waals surface area (Å²) in [5.41, 5.74) is 9.27. The number of aromatic nitrogens is 2. The zero-order chi connectivity index (χ0) is 33.0. The molecule has 2 amide bonds. The predicted molar refractivity (Wildman–Crippen MR) is 183 cm³/mol. The molecule has 4 heterocycles. The average Bonchev–Trinajstić information content (AvgIpc) is 3.00. The third kappa shape index (κ3) is 8.38. The Kier molecular flexibility index (Phi) is 10.6. The van der Waals surface area contributed by atoms with E-state index in [-0.39, 0.29) is 11.7 Å². The number of nitrogens with zero attached hydrogens (tertiary/aromatic N) is 6. The van der Waals surface area contributed by atoms with Crippen LogP contribution in [0.5, 0.6) is 0 Å². The summed E-state index contributed by atoms with van der Waals surface area (Å²) < 4.78 is 5.48. The van der Waals surface area contributed by atoms with Crippen LogP contribution in [0.3, 0.4) is 0 Å². The van der Waals surface area contributed by atoms with Crippen molar-refractivity contribution in [1.82, 2.24) is 25.1 Å². The number of piperidine rings is 2. The molecule has 12 heteroatoms. The van der Waals surface area contributed by atoms with E-state index < -0.39 is 17.6 Å². The van der Waals surface area contributed by atoms with E-state index in [1.165, 1.54) is 31.6 Å². The number of hydrogen-bond acceptors (Lipinski definition) is 10. The van der Waals surface area contributed by atoms with E-state index in [9.17, 15) is 9.59 Å². The standard InChI is InChI=1S/C34H53N9O3/c1-7-27-32(43-14-8-9-25(22-43)37-33(45)46-34(3,4)5)39-31(29(38-27)30(35)44)36-24-10-11-28(23(2)21-24)42-15-12-26(13-16-42)41-19-17-40(6)18-20-41/h10-11,21,25-26H,7-9,12-20,22H2,1-6H3,(H2,35,44)(H,36,39)(H,37,45)/t25-/m0/s1. The van der Waals surface area contributed by atoms with Crippen molar-refractivity contribution in [3.63, 3.8) is 0 Å². The number of amides is 2. The summed E-state index contributed by atoms with van der Waals surface area (Å²) >= 11 is 0. The lowest BCUT2D eigenvalue weighted by atomic mass is 10.0. The Hall–Kier alpha value is -3.64. The molecular formula is C34H53N9O3. The van der Waals surface area contributed by atoms with Crippen LogP contribution in [0.25, 0.3) is 0 Å². The zero-order valence-corrected chi connectivity index (χ0v) is 28.6. The van der Waals surface area contributed by atoms with Crippen LogP contribution < -0.4 is 26.2 Å². The van der Waals surface area contributed by atoms with Gasteiger partial charge in [0.05, 0.1) is 5.69 Å². The number of carbonyl (C=O) groups excluding carboxylic acids is 2. The van der Waals surface area contributed by atoms with Crippen LogP contribution in [-0.4, -0.2) is 109 Å². The first-order chi connectivity index (χ1) is 21.9. The molecule has 3 fully saturated rings. The van der Waals surface area contributed by atoms with Crippen molar-refractivity contribution in [2.24, 2.45) is 5.73 Å². The lowest BCUT2D eigenvalue weighted by molar-refractivity contribution is 0.0499. The second-order valence-electron chi connectivity index (χ2n) is 14.0. The topological polar surface area (TPSA) is 132 Å².